The van der Waals surface area contributed by atoms with Crippen LogP contribution in [0.4, 0.5) is 0 Å². The van der Waals surface area contributed by atoms with Gasteiger partial charge in [-0.25, -0.2) is 0 Å². The van der Waals surface area contributed by atoms with E-state index >= 15 is 0 Å². The maximum atomic E-state index is 5.86. The quantitative estimate of drug-likeness (QED) is 0.451. The van der Waals surface area contributed by atoms with E-state index in [9.17, 15) is 0 Å². The lowest BCUT2D eigenvalue weighted by Crippen LogP contribution is -1.82. The summed E-state index contributed by atoms with van der Waals surface area (Å²) in [5.41, 5.74) is 1.07. The molecule has 0 fully saturated rings. The number of benzene rings is 1. The van der Waals surface area contributed by atoms with Crippen LogP contribution in [-0.2, 0) is 0 Å². The van der Waals surface area contributed by atoms with Crippen LogP contribution in [0.25, 0.3) is 0 Å². The summed E-state index contributed by atoms with van der Waals surface area (Å²) in [6, 6.07) is 10.5. The Kier molecular flexibility index (Phi) is 2.52. The Morgan fingerprint density at radius 2 is 2.10 bits per heavy atom. The van der Waals surface area contributed by atoms with Crippen LogP contribution in [0, 0.1) is 6.07 Å². The van der Waals surface area contributed by atoms with Crippen LogP contribution in [0.2, 0.25) is 0 Å². The first-order valence-electron chi connectivity index (χ1n) is 3.07. The summed E-state index contributed by atoms with van der Waals surface area (Å²) in [5.74, 6) is 0. The largest absolute Gasteiger partial charge is 0.113 e. The number of allylic oxidation sites excluding steroid dienone is 1. The Labute approximate surface area is 66.1 Å². The van der Waals surface area contributed by atoms with Crippen molar-refractivity contribution in [3.8, 4) is 0 Å². The zero-order chi connectivity index (χ0) is 7.40. The number of halogens is 1. The van der Waals surface area contributed by atoms with Crippen molar-refractivity contribution in [3.63, 3.8) is 0 Å². The van der Waals surface area contributed by atoms with Crippen molar-refractivity contribution in [1.29, 1.82) is 0 Å². The van der Waals surface area contributed by atoms with Crippen LogP contribution in [0.5, 0.6) is 0 Å². The Morgan fingerprint density at radius 1 is 1.50 bits per heavy atom. The molecule has 0 nitrogen and oxygen atoms in total. The van der Waals surface area contributed by atoms with Crippen molar-refractivity contribution in [2.45, 2.75) is 5.38 Å². The van der Waals surface area contributed by atoms with E-state index in [2.05, 4.69) is 12.6 Å². The Morgan fingerprint density at radius 3 is 2.60 bits per heavy atom. The smallest absolute Gasteiger partial charge is 0.0763 e. The molecule has 0 aliphatic heterocycles. The fraction of sp³-hybridized carbons (Fsp3) is 0.111. The zero-order valence-electron chi connectivity index (χ0n) is 5.55. The first-order valence-corrected chi connectivity index (χ1v) is 3.51. The molecular weight excluding hydrogens is 144 g/mol. The minimum atomic E-state index is -0.0744. The fourth-order valence-corrected chi connectivity index (χ4v) is 0.865. The monoisotopic (exact) mass is 151 g/mol. The lowest BCUT2D eigenvalue weighted by molar-refractivity contribution is 1.22. The third-order valence-corrected chi connectivity index (χ3v) is 1.70. The summed E-state index contributed by atoms with van der Waals surface area (Å²) in [5, 5.41) is -0.0744. The van der Waals surface area contributed by atoms with Gasteiger partial charge in [0.1, 0.15) is 0 Å². The minimum Gasteiger partial charge on any atom is -0.113 e. The summed E-state index contributed by atoms with van der Waals surface area (Å²) in [4.78, 5) is 0. The van der Waals surface area contributed by atoms with Gasteiger partial charge in [-0.2, -0.15) is 0 Å². The van der Waals surface area contributed by atoms with Gasteiger partial charge < -0.3 is 0 Å². The molecule has 1 atom stereocenters. The van der Waals surface area contributed by atoms with Crippen LogP contribution >= 0.6 is 11.6 Å². The second-order valence-electron chi connectivity index (χ2n) is 1.97. The number of alkyl halides is 1. The third kappa shape index (κ3) is 1.61. The van der Waals surface area contributed by atoms with E-state index in [1.165, 1.54) is 0 Å². The van der Waals surface area contributed by atoms with Crippen LogP contribution in [-0.4, -0.2) is 0 Å². The number of rotatable bonds is 2. The topological polar surface area (TPSA) is 0 Å². The van der Waals surface area contributed by atoms with Gasteiger partial charge in [0.25, 0.3) is 0 Å². The highest BCUT2D eigenvalue weighted by atomic mass is 35.5. The highest BCUT2D eigenvalue weighted by Crippen LogP contribution is 2.19. The van der Waals surface area contributed by atoms with Crippen molar-refractivity contribution in [2.75, 3.05) is 0 Å². The standard InChI is InChI=1S/C9H8Cl/c1-2-9(10)8-6-4-3-5-7-8/h2,4-7,9H,1H2. The summed E-state index contributed by atoms with van der Waals surface area (Å²) in [6.07, 6.45) is 1.71. The van der Waals surface area contributed by atoms with Crippen molar-refractivity contribution in [2.24, 2.45) is 0 Å². The lowest BCUT2D eigenvalue weighted by atomic mass is 10.1. The maximum Gasteiger partial charge on any atom is 0.0763 e. The summed E-state index contributed by atoms with van der Waals surface area (Å²) < 4.78 is 0. The molecule has 0 aliphatic carbocycles. The first-order chi connectivity index (χ1) is 4.84. The average Bonchev–Trinajstić information content (AvgIpc) is 2.05. The van der Waals surface area contributed by atoms with Crippen LogP contribution in [0.15, 0.2) is 36.9 Å². The Hall–Kier alpha value is -0.750. The number of hydrogen-bond acceptors (Lipinski definition) is 0. The minimum absolute atomic E-state index is 0.0744. The van der Waals surface area contributed by atoms with Crippen molar-refractivity contribution in [3.05, 3.63) is 48.6 Å². The summed E-state index contributed by atoms with van der Waals surface area (Å²) in [6.45, 7) is 3.59. The molecule has 1 rings (SSSR count). The van der Waals surface area contributed by atoms with Gasteiger partial charge in [0.15, 0.2) is 0 Å². The molecule has 0 saturated heterocycles. The second kappa shape index (κ2) is 3.43. The van der Waals surface area contributed by atoms with E-state index in [4.69, 9.17) is 11.6 Å². The average molecular weight is 152 g/mol. The first kappa shape index (κ1) is 7.36. The van der Waals surface area contributed by atoms with Gasteiger partial charge in [-0.1, -0.05) is 30.3 Å². The van der Waals surface area contributed by atoms with Gasteiger partial charge in [-0.05, 0) is 11.6 Å². The highest BCUT2D eigenvalue weighted by molar-refractivity contribution is 6.21. The van der Waals surface area contributed by atoms with Gasteiger partial charge in [-0.3, -0.25) is 0 Å². The SMILES string of the molecule is C=CC(Cl)c1cc[c]cc1. The maximum absolute atomic E-state index is 5.86. The molecule has 0 bridgehead atoms. The van der Waals surface area contributed by atoms with E-state index < -0.39 is 0 Å². The molecular formula is C9H8Cl. The van der Waals surface area contributed by atoms with E-state index in [1.54, 1.807) is 6.08 Å². The van der Waals surface area contributed by atoms with E-state index in [-0.39, 0.29) is 5.38 Å². The molecule has 1 radical (unpaired) electrons. The molecule has 0 heterocycles. The molecule has 1 aromatic rings. The Bertz CT molecular complexity index is 203. The second-order valence-corrected chi connectivity index (χ2v) is 2.44. The van der Waals surface area contributed by atoms with Crippen LogP contribution < -0.4 is 0 Å². The van der Waals surface area contributed by atoms with E-state index in [0.717, 1.165) is 5.56 Å². The molecule has 0 saturated carbocycles. The molecule has 1 unspecified atom stereocenters. The number of hydrogen-bond donors (Lipinski definition) is 0. The van der Waals surface area contributed by atoms with Gasteiger partial charge in [0.05, 0.1) is 5.38 Å². The Balaban J connectivity index is 2.84. The molecule has 51 valence electrons. The normalized spacial score (nSPS) is 12.5. The molecule has 0 spiro atoms. The molecule has 10 heavy (non-hydrogen) atoms. The lowest BCUT2D eigenvalue weighted by Gasteiger charge is -2.00. The molecule has 1 heteroatoms. The molecule has 0 aromatic heterocycles. The van der Waals surface area contributed by atoms with E-state index in [0.29, 0.717) is 0 Å². The predicted molar refractivity (Wildman–Crippen MR) is 44.1 cm³/mol. The molecule has 0 amide bonds. The van der Waals surface area contributed by atoms with Crippen molar-refractivity contribution in [1.82, 2.24) is 0 Å². The highest BCUT2D eigenvalue weighted by Gasteiger charge is 1.98. The zero-order valence-corrected chi connectivity index (χ0v) is 6.31. The van der Waals surface area contributed by atoms with Crippen molar-refractivity contribution >= 4 is 11.6 Å². The third-order valence-electron chi connectivity index (χ3n) is 1.27. The molecule has 1 aromatic carbocycles. The van der Waals surface area contributed by atoms with E-state index in [1.807, 2.05) is 24.3 Å². The van der Waals surface area contributed by atoms with Crippen molar-refractivity contribution < 1.29 is 0 Å². The molecule has 0 N–H and O–H groups in total. The fourth-order valence-electron chi connectivity index (χ4n) is 0.720. The summed E-state index contributed by atoms with van der Waals surface area (Å²) >= 11 is 5.86. The summed E-state index contributed by atoms with van der Waals surface area (Å²) in [7, 11) is 0. The van der Waals surface area contributed by atoms with Gasteiger partial charge in [-0.15, -0.1) is 18.2 Å². The molecule has 0 aliphatic rings. The van der Waals surface area contributed by atoms with Crippen LogP contribution in [0.1, 0.15) is 10.9 Å². The van der Waals surface area contributed by atoms with Gasteiger partial charge >= 0.3 is 0 Å². The van der Waals surface area contributed by atoms with Crippen LogP contribution in [0.3, 0.4) is 0 Å². The predicted octanol–water partition coefficient (Wildman–Crippen LogP) is 2.95. The van der Waals surface area contributed by atoms with Gasteiger partial charge in [0.2, 0.25) is 0 Å². The van der Waals surface area contributed by atoms with Gasteiger partial charge in [0, 0.05) is 0 Å².